The van der Waals surface area contributed by atoms with Crippen LogP contribution in [0.15, 0.2) is 36.8 Å². The molecule has 0 amide bonds. The molecule has 1 aliphatic heterocycles. The second-order valence-corrected chi connectivity index (χ2v) is 7.85. The molecule has 0 spiro atoms. The molecule has 0 aromatic carbocycles. The van der Waals surface area contributed by atoms with E-state index in [-0.39, 0.29) is 5.41 Å². The predicted octanol–water partition coefficient (Wildman–Crippen LogP) is 2.62. The topological polar surface area (TPSA) is 73.3 Å². The smallest absolute Gasteiger partial charge is 0.154 e. The molecule has 7 nitrogen and oxygen atoms in total. The highest BCUT2D eigenvalue weighted by Crippen LogP contribution is 2.27. The number of nitriles is 1. The lowest BCUT2D eigenvalue weighted by atomic mass is 9.92. The van der Waals surface area contributed by atoms with Gasteiger partial charge in [-0.15, -0.1) is 0 Å². The number of hydrogen-bond donors (Lipinski definition) is 0. The summed E-state index contributed by atoms with van der Waals surface area (Å²) in [6, 6.07) is 7.99. The Morgan fingerprint density at radius 1 is 1.04 bits per heavy atom. The van der Waals surface area contributed by atoms with Crippen molar-refractivity contribution >= 4 is 17.2 Å². The number of pyridine rings is 1. The first-order chi connectivity index (χ1) is 13.0. The van der Waals surface area contributed by atoms with Crippen LogP contribution in [0.3, 0.4) is 0 Å². The van der Waals surface area contributed by atoms with Crippen molar-refractivity contribution in [2.45, 2.75) is 26.2 Å². The van der Waals surface area contributed by atoms with Gasteiger partial charge in [0.05, 0.1) is 11.3 Å². The third kappa shape index (κ3) is 3.31. The first-order valence-electron chi connectivity index (χ1n) is 9.16. The summed E-state index contributed by atoms with van der Waals surface area (Å²) in [4.78, 5) is 13.6. The number of rotatable bonds is 2. The van der Waals surface area contributed by atoms with Gasteiger partial charge in [0, 0.05) is 50.2 Å². The van der Waals surface area contributed by atoms with Crippen molar-refractivity contribution in [3.8, 4) is 6.07 Å². The SMILES string of the molecule is CC(C)(C)c1cc2c(N3CCN(c4ccc(C#N)cn4)CC3)nccn2n1. The highest BCUT2D eigenvalue weighted by atomic mass is 15.3. The predicted molar refractivity (Wildman–Crippen MR) is 105 cm³/mol. The molecule has 7 heteroatoms. The molecule has 3 aromatic rings. The number of aromatic nitrogens is 4. The Bertz CT molecular complexity index is 984. The van der Waals surface area contributed by atoms with Crippen LogP contribution >= 0.6 is 0 Å². The van der Waals surface area contributed by atoms with Crippen molar-refractivity contribution in [3.63, 3.8) is 0 Å². The van der Waals surface area contributed by atoms with Crippen LogP contribution in [0.4, 0.5) is 11.6 Å². The molecule has 0 bridgehead atoms. The van der Waals surface area contributed by atoms with Crippen molar-refractivity contribution in [2.75, 3.05) is 36.0 Å². The molecular weight excluding hydrogens is 338 g/mol. The second kappa shape index (κ2) is 6.54. The van der Waals surface area contributed by atoms with E-state index in [1.165, 1.54) is 0 Å². The van der Waals surface area contributed by atoms with Crippen molar-refractivity contribution in [3.05, 3.63) is 48.0 Å². The van der Waals surface area contributed by atoms with Gasteiger partial charge < -0.3 is 9.80 Å². The highest BCUT2D eigenvalue weighted by Gasteiger charge is 2.23. The maximum atomic E-state index is 8.91. The van der Waals surface area contributed by atoms with Gasteiger partial charge >= 0.3 is 0 Å². The molecule has 0 aliphatic carbocycles. The summed E-state index contributed by atoms with van der Waals surface area (Å²) in [6.45, 7) is 9.97. The molecule has 0 radical (unpaired) electrons. The number of piperazine rings is 1. The minimum atomic E-state index is 0.00322. The summed E-state index contributed by atoms with van der Waals surface area (Å²) in [5.74, 6) is 1.90. The minimum Gasteiger partial charge on any atom is -0.353 e. The first-order valence-corrected chi connectivity index (χ1v) is 9.16. The Labute approximate surface area is 158 Å². The van der Waals surface area contributed by atoms with Gasteiger partial charge in [0.2, 0.25) is 0 Å². The molecule has 0 unspecified atom stereocenters. The molecule has 0 N–H and O–H groups in total. The summed E-state index contributed by atoms with van der Waals surface area (Å²) >= 11 is 0. The summed E-state index contributed by atoms with van der Waals surface area (Å²) in [5, 5.41) is 13.6. The molecular formula is C20H23N7. The van der Waals surface area contributed by atoms with E-state index >= 15 is 0 Å². The summed E-state index contributed by atoms with van der Waals surface area (Å²) < 4.78 is 1.93. The third-order valence-electron chi connectivity index (χ3n) is 4.92. The zero-order valence-electron chi connectivity index (χ0n) is 15.9. The van der Waals surface area contributed by atoms with E-state index in [2.05, 4.69) is 52.7 Å². The van der Waals surface area contributed by atoms with Gasteiger partial charge in [-0.05, 0) is 18.2 Å². The van der Waals surface area contributed by atoms with Crippen molar-refractivity contribution in [1.82, 2.24) is 19.6 Å². The third-order valence-corrected chi connectivity index (χ3v) is 4.92. The Kier molecular flexibility index (Phi) is 4.19. The summed E-state index contributed by atoms with van der Waals surface area (Å²) in [7, 11) is 0. The lowest BCUT2D eigenvalue weighted by molar-refractivity contribution is 0.562. The van der Waals surface area contributed by atoms with Gasteiger partial charge in [0.1, 0.15) is 17.4 Å². The lowest BCUT2D eigenvalue weighted by Gasteiger charge is -2.36. The highest BCUT2D eigenvalue weighted by molar-refractivity contribution is 5.70. The molecule has 0 atom stereocenters. The minimum absolute atomic E-state index is 0.00322. The number of hydrogen-bond acceptors (Lipinski definition) is 6. The maximum absolute atomic E-state index is 8.91. The zero-order valence-corrected chi connectivity index (χ0v) is 15.9. The van der Waals surface area contributed by atoms with Crippen molar-refractivity contribution < 1.29 is 0 Å². The molecule has 1 aliphatic rings. The average molecular weight is 361 g/mol. The van der Waals surface area contributed by atoms with E-state index in [9.17, 15) is 0 Å². The van der Waals surface area contributed by atoms with Gasteiger partial charge in [-0.25, -0.2) is 14.5 Å². The first kappa shape index (κ1) is 17.3. The number of fused-ring (bicyclic) bond motifs is 1. The summed E-state index contributed by atoms with van der Waals surface area (Å²) in [5.41, 5.74) is 2.71. The second-order valence-electron chi connectivity index (χ2n) is 7.85. The van der Waals surface area contributed by atoms with Gasteiger partial charge in [-0.2, -0.15) is 10.4 Å². The van der Waals surface area contributed by atoms with Crippen LogP contribution in [0.5, 0.6) is 0 Å². The fourth-order valence-corrected chi connectivity index (χ4v) is 3.31. The van der Waals surface area contributed by atoms with Crippen LogP contribution in [0.2, 0.25) is 0 Å². The van der Waals surface area contributed by atoms with E-state index in [4.69, 9.17) is 10.4 Å². The fourth-order valence-electron chi connectivity index (χ4n) is 3.31. The molecule has 0 saturated carbocycles. The Hall–Kier alpha value is -3.14. The van der Waals surface area contributed by atoms with E-state index in [0.717, 1.165) is 49.0 Å². The van der Waals surface area contributed by atoms with Gasteiger partial charge in [-0.1, -0.05) is 20.8 Å². The van der Waals surface area contributed by atoms with Gasteiger partial charge in [0.15, 0.2) is 5.82 Å². The Balaban J connectivity index is 1.54. The van der Waals surface area contributed by atoms with Crippen LogP contribution in [0, 0.1) is 11.3 Å². The molecule has 1 fully saturated rings. The van der Waals surface area contributed by atoms with E-state index in [1.54, 1.807) is 6.20 Å². The molecule has 1 saturated heterocycles. The fraction of sp³-hybridized carbons (Fsp3) is 0.400. The maximum Gasteiger partial charge on any atom is 0.154 e. The van der Waals surface area contributed by atoms with Crippen molar-refractivity contribution in [2.24, 2.45) is 0 Å². The number of anilines is 2. The largest absolute Gasteiger partial charge is 0.353 e. The van der Waals surface area contributed by atoms with Crippen LogP contribution in [0.25, 0.3) is 5.52 Å². The van der Waals surface area contributed by atoms with Crippen LogP contribution in [-0.4, -0.2) is 45.8 Å². The van der Waals surface area contributed by atoms with E-state index in [1.807, 2.05) is 29.0 Å². The molecule has 138 valence electrons. The Morgan fingerprint density at radius 2 is 1.78 bits per heavy atom. The quantitative estimate of drug-likeness (QED) is 0.699. The molecule has 4 heterocycles. The van der Waals surface area contributed by atoms with E-state index < -0.39 is 0 Å². The molecule has 4 rings (SSSR count). The normalized spacial score (nSPS) is 15.2. The van der Waals surface area contributed by atoms with E-state index in [0.29, 0.717) is 5.56 Å². The standard InChI is InChI=1S/C20H23N7/c1-20(2,3)17-12-16-19(22-6-7-27(16)24-17)26-10-8-25(9-11-26)18-5-4-15(13-21)14-23-18/h4-7,12,14H,8-11H2,1-3H3. The summed E-state index contributed by atoms with van der Waals surface area (Å²) in [6.07, 6.45) is 5.35. The number of nitrogens with zero attached hydrogens (tertiary/aromatic N) is 7. The molecule has 27 heavy (non-hydrogen) atoms. The van der Waals surface area contributed by atoms with Crippen LogP contribution in [0.1, 0.15) is 32.0 Å². The van der Waals surface area contributed by atoms with Crippen LogP contribution < -0.4 is 9.80 Å². The van der Waals surface area contributed by atoms with Crippen LogP contribution in [-0.2, 0) is 5.41 Å². The van der Waals surface area contributed by atoms with Gasteiger partial charge in [0.25, 0.3) is 0 Å². The monoisotopic (exact) mass is 361 g/mol. The molecule has 3 aromatic heterocycles. The van der Waals surface area contributed by atoms with Crippen molar-refractivity contribution in [1.29, 1.82) is 5.26 Å². The Morgan fingerprint density at radius 3 is 2.41 bits per heavy atom. The average Bonchev–Trinajstić information content (AvgIpc) is 3.13. The lowest BCUT2D eigenvalue weighted by Crippen LogP contribution is -2.47. The zero-order chi connectivity index (χ0) is 19.0. The van der Waals surface area contributed by atoms with Gasteiger partial charge in [-0.3, -0.25) is 0 Å².